The van der Waals surface area contributed by atoms with Crippen molar-refractivity contribution in [1.82, 2.24) is 10.3 Å². The van der Waals surface area contributed by atoms with Crippen molar-refractivity contribution in [3.05, 3.63) is 65.7 Å². The Bertz CT molecular complexity index is 723. The highest BCUT2D eigenvalue weighted by molar-refractivity contribution is 5.85. The van der Waals surface area contributed by atoms with Crippen LogP contribution >= 0.6 is 0 Å². The molecule has 5 nitrogen and oxygen atoms in total. The van der Waals surface area contributed by atoms with Crippen molar-refractivity contribution in [2.75, 3.05) is 20.2 Å². The van der Waals surface area contributed by atoms with Crippen LogP contribution in [0, 0.1) is 0 Å². The minimum Gasteiger partial charge on any atom is -0.497 e. The van der Waals surface area contributed by atoms with Gasteiger partial charge in [-0.2, -0.15) is 5.10 Å². The number of methoxy groups -OCH3 is 1. The van der Waals surface area contributed by atoms with E-state index in [0.29, 0.717) is 0 Å². The summed E-state index contributed by atoms with van der Waals surface area (Å²) in [5.41, 5.74) is 4.62. The number of amides is 1. The fourth-order valence-electron chi connectivity index (χ4n) is 3.26. The summed E-state index contributed by atoms with van der Waals surface area (Å²) in [6.45, 7) is 1.88. The average Bonchev–Trinajstić information content (AvgIpc) is 2.70. The molecular weight excluding hydrogens is 326 g/mol. The molecule has 0 aromatic heterocycles. The van der Waals surface area contributed by atoms with Gasteiger partial charge in [-0.15, -0.1) is 0 Å². The van der Waals surface area contributed by atoms with Gasteiger partial charge in [0.05, 0.1) is 13.3 Å². The Morgan fingerprint density at radius 2 is 1.77 bits per heavy atom. The second-order valence-electron chi connectivity index (χ2n) is 6.42. The summed E-state index contributed by atoms with van der Waals surface area (Å²) in [5, 5.41) is 4.15. The maximum Gasteiger partial charge on any atom is 0.262 e. The van der Waals surface area contributed by atoms with Gasteiger partial charge < -0.3 is 4.74 Å². The van der Waals surface area contributed by atoms with Crippen LogP contribution in [0.15, 0.2) is 59.7 Å². The first-order valence-corrected chi connectivity index (χ1v) is 9.04. The first kappa shape index (κ1) is 18.1. The minimum atomic E-state index is -0.301. The zero-order valence-electron chi connectivity index (χ0n) is 15.1. The first-order valence-electron chi connectivity index (χ1n) is 9.04. The number of piperidine rings is 1. The number of benzene rings is 2. The van der Waals surface area contributed by atoms with Crippen molar-refractivity contribution < 1.29 is 9.53 Å². The summed E-state index contributed by atoms with van der Waals surface area (Å²) in [5.74, 6) is 0.697. The SMILES string of the molecule is COc1ccc(/C=N\NC(=O)[C@@H](c2ccccc2)N2CCCCC2)cc1. The van der Waals surface area contributed by atoms with E-state index in [2.05, 4.69) is 15.4 Å². The third-order valence-electron chi connectivity index (χ3n) is 4.62. The number of nitrogens with one attached hydrogen (secondary N) is 1. The quantitative estimate of drug-likeness (QED) is 0.641. The Kier molecular flexibility index (Phi) is 6.39. The maximum atomic E-state index is 12.8. The molecule has 0 aliphatic carbocycles. The number of rotatable bonds is 6. The van der Waals surface area contributed by atoms with E-state index < -0.39 is 0 Å². The van der Waals surface area contributed by atoms with Crippen LogP contribution in [0.1, 0.15) is 36.4 Å². The van der Waals surface area contributed by atoms with Crippen LogP contribution < -0.4 is 10.2 Å². The molecule has 1 aliphatic heterocycles. The van der Waals surface area contributed by atoms with Gasteiger partial charge in [0.1, 0.15) is 11.8 Å². The highest BCUT2D eigenvalue weighted by Crippen LogP contribution is 2.24. The maximum absolute atomic E-state index is 12.8. The molecule has 2 aromatic carbocycles. The molecule has 1 atom stereocenters. The lowest BCUT2D eigenvalue weighted by Crippen LogP contribution is -2.41. The largest absolute Gasteiger partial charge is 0.497 e. The molecule has 0 spiro atoms. The predicted molar refractivity (Wildman–Crippen MR) is 103 cm³/mol. The number of hydrogen-bond donors (Lipinski definition) is 1. The van der Waals surface area contributed by atoms with Crippen LogP contribution in [-0.4, -0.2) is 37.2 Å². The molecule has 1 fully saturated rings. The van der Waals surface area contributed by atoms with E-state index in [0.717, 1.165) is 42.8 Å². The molecule has 2 aromatic rings. The summed E-state index contributed by atoms with van der Waals surface area (Å²) >= 11 is 0. The molecule has 3 rings (SSSR count). The van der Waals surface area contributed by atoms with Gasteiger partial charge in [-0.05, 0) is 61.3 Å². The molecule has 1 heterocycles. The molecule has 5 heteroatoms. The van der Waals surface area contributed by atoms with Gasteiger partial charge in [0.25, 0.3) is 5.91 Å². The zero-order chi connectivity index (χ0) is 18.2. The topological polar surface area (TPSA) is 53.9 Å². The highest BCUT2D eigenvalue weighted by atomic mass is 16.5. The molecule has 0 saturated carbocycles. The van der Waals surface area contributed by atoms with Crippen molar-refractivity contribution in [1.29, 1.82) is 0 Å². The molecule has 0 unspecified atom stereocenters. The zero-order valence-corrected chi connectivity index (χ0v) is 15.1. The van der Waals surface area contributed by atoms with Gasteiger partial charge in [-0.3, -0.25) is 9.69 Å². The Labute approximate surface area is 154 Å². The molecule has 26 heavy (non-hydrogen) atoms. The Morgan fingerprint density at radius 1 is 1.08 bits per heavy atom. The summed E-state index contributed by atoms with van der Waals surface area (Å²) in [6, 6.07) is 17.1. The van der Waals surface area contributed by atoms with Gasteiger partial charge in [0.2, 0.25) is 0 Å². The number of likely N-dealkylation sites (tertiary alicyclic amines) is 1. The van der Waals surface area contributed by atoms with Crippen molar-refractivity contribution >= 4 is 12.1 Å². The molecule has 1 aliphatic rings. The number of carbonyl (C=O) groups excluding carboxylic acids is 1. The lowest BCUT2D eigenvalue weighted by molar-refractivity contribution is -0.127. The van der Waals surface area contributed by atoms with Crippen LogP contribution in [0.4, 0.5) is 0 Å². The third-order valence-corrected chi connectivity index (χ3v) is 4.62. The van der Waals surface area contributed by atoms with Crippen molar-refractivity contribution in [3.8, 4) is 5.75 Å². The van der Waals surface area contributed by atoms with Crippen LogP contribution in [0.3, 0.4) is 0 Å². The number of hydrazone groups is 1. The summed E-state index contributed by atoms with van der Waals surface area (Å²) in [4.78, 5) is 15.1. The van der Waals surface area contributed by atoms with E-state index >= 15 is 0 Å². The third kappa shape index (κ3) is 4.70. The van der Waals surface area contributed by atoms with E-state index in [1.54, 1.807) is 13.3 Å². The Hall–Kier alpha value is -2.66. The smallest absolute Gasteiger partial charge is 0.262 e. The minimum absolute atomic E-state index is 0.0946. The number of ether oxygens (including phenoxy) is 1. The molecule has 1 saturated heterocycles. The predicted octanol–water partition coefficient (Wildman–Crippen LogP) is 3.37. The summed E-state index contributed by atoms with van der Waals surface area (Å²) < 4.78 is 5.14. The molecule has 136 valence electrons. The van der Waals surface area contributed by atoms with Crippen molar-refractivity contribution in [2.24, 2.45) is 5.10 Å². The van der Waals surface area contributed by atoms with Crippen LogP contribution in [0.2, 0.25) is 0 Å². The molecule has 0 radical (unpaired) electrons. The summed E-state index contributed by atoms with van der Waals surface area (Å²) in [7, 11) is 1.63. The standard InChI is InChI=1S/C21H25N3O2/c1-26-19-12-10-17(11-13-19)16-22-23-21(25)20(18-8-4-2-5-9-18)24-14-6-3-7-15-24/h2,4-5,8-13,16,20H,3,6-7,14-15H2,1H3,(H,23,25)/b22-16-/t20-/m1/s1. The van der Waals surface area contributed by atoms with Crippen molar-refractivity contribution in [2.45, 2.75) is 25.3 Å². The molecule has 0 bridgehead atoms. The van der Waals surface area contributed by atoms with E-state index in [-0.39, 0.29) is 11.9 Å². The lowest BCUT2D eigenvalue weighted by Gasteiger charge is -2.33. The van der Waals surface area contributed by atoms with Crippen LogP contribution in [-0.2, 0) is 4.79 Å². The molecule has 1 amide bonds. The molecular formula is C21H25N3O2. The average molecular weight is 351 g/mol. The molecule has 1 N–H and O–H groups in total. The second kappa shape index (κ2) is 9.15. The second-order valence-corrected chi connectivity index (χ2v) is 6.42. The lowest BCUT2D eigenvalue weighted by atomic mass is 10.0. The van der Waals surface area contributed by atoms with Gasteiger partial charge in [-0.25, -0.2) is 5.43 Å². The van der Waals surface area contributed by atoms with E-state index in [4.69, 9.17) is 4.74 Å². The van der Waals surface area contributed by atoms with E-state index in [1.807, 2.05) is 54.6 Å². The van der Waals surface area contributed by atoms with E-state index in [9.17, 15) is 4.79 Å². The van der Waals surface area contributed by atoms with Crippen molar-refractivity contribution in [3.63, 3.8) is 0 Å². The number of hydrogen-bond acceptors (Lipinski definition) is 4. The first-order chi connectivity index (χ1) is 12.8. The fourth-order valence-corrected chi connectivity index (χ4v) is 3.26. The van der Waals surface area contributed by atoms with E-state index in [1.165, 1.54) is 6.42 Å². The normalized spacial score (nSPS) is 16.3. The summed E-state index contributed by atoms with van der Waals surface area (Å²) in [6.07, 6.45) is 5.14. The monoisotopic (exact) mass is 351 g/mol. The van der Waals surface area contributed by atoms with Crippen LogP contribution in [0.5, 0.6) is 5.75 Å². The Balaban J connectivity index is 1.69. The van der Waals surface area contributed by atoms with Gasteiger partial charge in [-0.1, -0.05) is 36.8 Å². The number of carbonyl (C=O) groups is 1. The number of nitrogens with zero attached hydrogens (tertiary/aromatic N) is 2. The highest BCUT2D eigenvalue weighted by Gasteiger charge is 2.28. The van der Waals surface area contributed by atoms with Gasteiger partial charge in [0.15, 0.2) is 0 Å². The fraction of sp³-hybridized carbons (Fsp3) is 0.333. The van der Waals surface area contributed by atoms with Gasteiger partial charge >= 0.3 is 0 Å². The van der Waals surface area contributed by atoms with Crippen LogP contribution in [0.25, 0.3) is 0 Å². The Morgan fingerprint density at radius 3 is 2.42 bits per heavy atom. The van der Waals surface area contributed by atoms with Gasteiger partial charge in [0, 0.05) is 0 Å².